The quantitative estimate of drug-likeness (QED) is 0.729. The SMILES string of the molecule is NCC1CCN1.[Cl][Pt][Cl]. The summed E-state index contributed by atoms with van der Waals surface area (Å²) in [7, 11) is 9.75. The molecule has 0 aromatic rings. The van der Waals surface area contributed by atoms with Crippen LogP contribution in [0.3, 0.4) is 0 Å². The Morgan fingerprint density at radius 1 is 1.67 bits per heavy atom. The number of rotatable bonds is 1. The van der Waals surface area contributed by atoms with Crippen LogP contribution in [0.15, 0.2) is 0 Å². The second-order valence-corrected chi connectivity index (χ2v) is 5.00. The molecule has 9 heavy (non-hydrogen) atoms. The number of nitrogens with one attached hydrogen (secondary N) is 1. The van der Waals surface area contributed by atoms with Gasteiger partial charge in [-0.25, -0.2) is 0 Å². The first-order valence-corrected chi connectivity index (χ1v) is 8.24. The van der Waals surface area contributed by atoms with Crippen molar-refractivity contribution in [3.05, 3.63) is 0 Å². The number of hydrogen-bond acceptors (Lipinski definition) is 2. The molecule has 1 saturated heterocycles. The molecule has 0 aromatic heterocycles. The van der Waals surface area contributed by atoms with Crippen molar-refractivity contribution in [2.45, 2.75) is 12.5 Å². The van der Waals surface area contributed by atoms with E-state index in [1.807, 2.05) is 0 Å². The van der Waals surface area contributed by atoms with Crippen molar-refractivity contribution in [1.29, 1.82) is 0 Å². The van der Waals surface area contributed by atoms with Crippen molar-refractivity contribution in [2.75, 3.05) is 13.1 Å². The summed E-state index contributed by atoms with van der Waals surface area (Å²) in [6.07, 6.45) is 1.27. The van der Waals surface area contributed by atoms with Crippen LogP contribution < -0.4 is 11.1 Å². The van der Waals surface area contributed by atoms with Crippen LogP contribution in [0.2, 0.25) is 0 Å². The third-order valence-corrected chi connectivity index (χ3v) is 1.21. The van der Waals surface area contributed by atoms with Gasteiger partial charge in [0.1, 0.15) is 0 Å². The molecule has 2 nitrogen and oxygen atoms in total. The van der Waals surface area contributed by atoms with Gasteiger partial charge < -0.3 is 11.1 Å². The van der Waals surface area contributed by atoms with Gasteiger partial charge in [0.05, 0.1) is 0 Å². The summed E-state index contributed by atoms with van der Waals surface area (Å²) < 4.78 is 0. The van der Waals surface area contributed by atoms with Gasteiger partial charge in [-0.2, -0.15) is 0 Å². The summed E-state index contributed by atoms with van der Waals surface area (Å²) in [5.74, 6) is 0. The molecule has 1 atom stereocenters. The van der Waals surface area contributed by atoms with Gasteiger partial charge in [-0.3, -0.25) is 0 Å². The first-order valence-electron chi connectivity index (χ1n) is 2.61. The first-order chi connectivity index (χ1) is 4.35. The first kappa shape index (κ1) is 10.2. The summed E-state index contributed by atoms with van der Waals surface area (Å²) in [6, 6.07) is 0.644. The third kappa shape index (κ3) is 5.62. The van der Waals surface area contributed by atoms with E-state index in [4.69, 9.17) is 24.6 Å². The predicted octanol–water partition coefficient (Wildman–Crippen LogP) is 0.683. The van der Waals surface area contributed by atoms with Gasteiger partial charge in [-0.1, -0.05) is 0 Å². The van der Waals surface area contributed by atoms with Gasteiger partial charge >= 0.3 is 35.3 Å². The molecule has 5 heteroatoms. The van der Waals surface area contributed by atoms with Gasteiger partial charge in [0.25, 0.3) is 0 Å². The van der Waals surface area contributed by atoms with Crippen LogP contribution in [0.5, 0.6) is 0 Å². The second-order valence-electron chi connectivity index (χ2n) is 1.72. The Balaban J connectivity index is 0.000000187. The summed E-state index contributed by atoms with van der Waals surface area (Å²) in [4.78, 5) is 0. The Labute approximate surface area is 71.8 Å². The summed E-state index contributed by atoms with van der Waals surface area (Å²) in [5, 5.41) is 3.17. The summed E-state index contributed by atoms with van der Waals surface area (Å²) in [5.41, 5.74) is 5.27. The third-order valence-electron chi connectivity index (χ3n) is 1.21. The molecule has 0 aromatic carbocycles. The van der Waals surface area contributed by atoms with E-state index in [0.717, 1.165) is 6.54 Å². The van der Waals surface area contributed by atoms with Crippen LogP contribution in [0.4, 0.5) is 0 Å². The molecule has 1 aliphatic heterocycles. The van der Waals surface area contributed by atoms with E-state index < -0.39 is 16.5 Å². The van der Waals surface area contributed by atoms with E-state index in [1.54, 1.807) is 0 Å². The fourth-order valence-electron chi connectivity index (χ4n) is 0.550. The summed E-state index contributed by atoms with van der Waals surface area (Å²) >= 11 is -0.472. The maximum absolute atomic E-state index is 5.27. The number of halogens is 2. The molecule has 0 aliphatic carbocycles. The van der Waals surface area contributed by atoms with Gasteiger partial charge in [0.15, 0.2) is 0 Å². The molecule has 1 rings (SSSR count). The molecule has 60 valence electrons. The molecular formula is C4H10Cl2N2Pt. The molecule has 0 amide bonds. The van der Waals surface area contributed by atoms with Crippen LogP contribution in [0.1, 0.15) is 6.42 Å². The van der Waals surface area contributed by atoms with E-state index in [9.17, 15) is 0 Å². The summed E-state index contributed by atoms with van der Waals surface area (Å²) in [6.45, 7) is 1.97. The second kappa shape index (κ2) is 7.30. The normalized spacial score (nSPS) is 24.1. The van der Waals surface area contributed by atoms with Crippen molar-refractivity contribution >= 4 is 18.8 Å². The van der Waals surface area contributed by atoms with Crippen molar-refractivity contribution in [1.82, 2.24) is 5.32 Å². The Kier molecular flexibility index (Phi) is 8.26. The van der Waals surface area contributed by atoms with E-state index in [2.05, 4.69) is 5.32 Å². The maximum atomic E-state index is 5.27. The van der Waals surface area contributed by atoms with E-state index in [-0.39, 0.29) is 0 Å². The van der Waals surface area contributed by atoms with Gasteiger partial charge in [-0.05, 0) is 13.0 Å². The number of nitrogens with two attached hydrogens (primary N) is 1. The minimum atomic E-state index is -0.472. The monoisotopic (exact) mass is 351 g/mol. The van der Waals surface area contributed by atoms with Crippen molar-refractivity contribution in [3.63, 3.8) is 0 Å². The van der Waals surface area contributed by atoms with Gasteiger partial charge in [0, 0.05) is 12.6 Å². The molecule has 0 saturated carbocycles. The topological polar surface area (TPSA) is 38.0 Å². The van der Waals surface area contributed by atoms with Crippen LogP contribution in [0, 0.1) is 0 Å². The van der Waals surface area contributed by atoms with Crippen molar-refractivity contribution in [3.8, 4) is 0 Å². The number of hydrogen-bond donors (Lipinski definition) is 2. The Bertz CT molecular complexity index is 57.8. The average molecular weight is 352 g/mol. The molecule has 1 heterocycles. The van der Waals surface area contributed by atoms with Crippen LogP contribution in [-0.2, 0) is 16.5 Å². The average Bonchev–Trinajstić information content (AvgIpc) is 1.64. The standard InChI is InChI=1S/C4H10N2.2ClH.Pt/c5-3-4-1-2-6-4;;;/h4,6H,1-3,5H2;2*1H;/q;;;+2/p-2. The van der Waals surface area contributed by atoms with Crippen LogP contribution in [0.25, 0.3) is 0 Å². The van der Waals surface area contributed by atoms with Gasteiger partial charge in [0.2, 0.25) is 0 Å². The molecular weight excluding hydrogens is 342 g/mol. The molecule has 1 fully saturated rings. The van der Waals surface area contributed by atoms with E-state index in [0.29, 0.717) is 6.04 Å². The zero-order valence-corrected chi connectivity index (χ0v) is 8.63. The predicted molar refractivity (Wildman–Crippen MR) is 37.2 cm³/mol. The van der Waals surface area contributed by atoms with Crippen LogP contribution in [-0.4, -0.2) is 19.1 Å². The Morgan fingerprint density at radius 2 is 2.11 bits per heavy atom. The Hall–Kier alpha value is 1.19. The molecule has 0 spiro atoms. The molecule has 1 unspecified atom stereocenters. The van der Waals surface area contributed by atoms with Crippen LogP contribution >= 0.6 is 18.8 Å². The molecule has 1 aliphatic rings. The fraction of sp³-hybridized carbons (Fsp3) is 1.00. The van der Waals surface area contributed by atoms with E-state index >= 15 is 0 Å². The van der Waals surface area contributed by atoms with Crippen molar-refractivity contribution in [2.24, 2.45) is 5.73 Å². The van der Waals surface area contributed by atoms with Gasteiger partial charge in [-0.15, -0.1) is 0 Å². The zero-order chi connectivity index (χ0) is 7.11. The molecule has 3 N–H and O–H groups in total. The zero-order valence-electron chi connectivity index (χ0n) is 4.85. The van der Waals surface area contributed by atoms with Crippen molar-refractivity contribution < 1.29 is 16.5 Å². The molecule has 0 bridgehead atoms. The minimum absolute atomic E-state index is 0.472. The fourth-order valence-corrected chi connectivity index (χ4v) is 0.550. The van der Waals surface area contributed by atoms with E-state index in [1.165, 1.54) is 13.0 Å². The molecule has 0 radical (unpaired) electrons. The Morgan fingerprint density at radius 3 is 2.11 bits per heavy atom.